The van der Waals surface area contributed by atoms with Crippen molar-refractivity contribution >= 4 is 45.0 Å². The monoisotopic (exact) mass is 527 g/mol. The van der Waals surface area contributed by atoms with E-state index in [1.165, 1.54) is 16.9 Å². The third-order valence-electron chi connectivity index (χ3n) is 4.86. The quantitative estimate of drug-likeness (QED) is 0.507. The summed E-state index contributed by atoms with van der Waals surface area (Å²) in [6.45, 7) is 0. The number of anilines is 1. The van der Waals surface area contributed by atoms with E-state index in [9.17, 15) is 22.8 Å². The third-order valence-corrected chi connectivity index (χ3v) is 5.54. The summed E-state index contributed by atoms with van der Waals surface area (Å²) in [5, 5.41) is 9.72. The van der Waals surface area contributed by atoms with Gasteiger partial charge < -0.3 is 10.6 Å². The largest absolute Gasteiger partial charge is 0.416 e. The van der Waals surface area contributed by atoms with Gasteiger partial charge in [0.2, 0.25) is 5.91 Å². The molecule has 1 aromatic carbocycles. The first kappa shape index (κ1) is 22.3. The fraction of sp³-hybridized carbons (Fsp3) is 0.200. The van der Waals surface area contributed by atoms with E-state index in [0.29, 0.717) is 17.4 Å². The van der Waals surface area contributed by atoms with E-state index in [0.717, 1.165) is 24.3 Å². The second-order valence-electron chi connectivity index (χ2n) is 7.14. The van der Waals surface area contributed by atoms with Crippen molar-refractivity contribution in [1.82, 2.24) is 20.1 Å². The number of amides is 2. The molecule has 2 heterocycles. The molecule has 0 atom stereocenters. The van der Waals surface area contributed by atoms with Gasteiger partial charge in [-0.15, -0.1) is 0 Å². The SMILES string of the molecule is O=C(NC1(C(=O)Nc2ccc(C(F)(F)F)cc2)CC1)c1cc(Br)nn1-c1ncccc1Cl. The molecule has 7 nitrogen and oxygen atoms in total. The van der Waals surface area contributed by atoms with Crippen LogP contribution in [0.3, 0.4) is 0 Å². The van der Waals surface area contributed by atoms with Gasteiger partial charge in [-0.1, -0.05) is 11.6 Å². The van der Waals surface area contributed by atoms with Crippen molar-refractivity contribution in [2.45, 2.75) is 24.6 Å². The summed E-state index contributed by atoms with van der Waals surface area (Å²) in [5.74, 6) is -0.860. The van der Waals surface area contributed by atoms with Gasteiger partial charge in [-0.25, -0.2) is 9.67 Å². The molecule has 0 saturated heterocycles. The standard InChI is InChI=1S/C20H14BrClF3N5O2/c21-15-10-14(30(29-15)16-13(22)2-1-9-26-16)17(31)28-19(7-8-19)18(32)27-12-5-3-11(4-6-12)20(23,24)25/h1-6,9-10H,7-8H2,(H,27,32)(H,28,31). The summed E-state index contributed by atoms with van der Waals surface area (Å²) in [6, 6.07) is 8.77. The summed E-state index contributed by atoms with van der Waals surface area (Å²) >= 11 is 9.38. The molecule has 0 unspecified atom stereocenters. The Bertz CT molecular complexity index is 1190. The number of alkyl halides is 3. The molecule has 0 bridgehead atoms. The highest BCUT2D eigenvalue weighted by molar-refractivity contribution is 9.10. The Balaban J connectivity index is 1.51. The van der Waals surface area contributed by atoms with E-state index >= 15 is 0 Å². The molecule has 1 aliphatic carbocycles. The fourth-order valence-corrected chi connectivity index (χ4v) is 3.59. The fourth-order valence-electron chi connectivity index (χ4n) is 3.02. The Morgan fingerprint density at radius 3 is 2.44 bits per heavy atom. The third kappa shape index (κ3) is 4.49. The number of aromatic nitrogens is 3. The van der Waals surface area contributed by atoms with E-state index in [4.69, 9.17) is 11.6 Å². The van der Waals surface area contributed by atoms with Crippen LogP contribution < -0.4 is 10.6 Å². The molecule has 2 aromatic heterocycles. The van der Waals surface area contributed by atoms with Crippen molar-refractivity contribution < 1.29 is 22.8 Å². The Kier molecular flexibility index (Phi) is 5.72. The normalized spacial score (nSPS) is 14.7. The van der Waals surface area contributed by atoms with Crippen molar-refractivity contribution in [3.05, 3.63) is 69.5 Å². The number of pyridine rings is 1. The summed E-state index contributed by atoms with van der Waals surface area (Å²) in [5.41, 5.74) is -1.70. The smallest absolute Gasteiger partial charge is 0.336 e. The highest BCUT2D eigenvalue weighted by Crippen LogP contribution is 2.37. The average molecular weight is 529 g/mol. The van der Waals surface area contributed by atoms with Crippen LogP contribution in [-0.4, -0.2) is 32.1 Å². The first-order valence-electron chi connectivity index (χ1n) is 9.27. The second kappa shape index (κ2) is 8.21. The number of nitrogens with zero attached hydrogens (tertiary/aromatic N) is 3. The van der Waals surface area contributed by atoms with Crippen LogP contribution in [0.15, 0.2) is 53.3 Å². The average Bonchev–Trinajstić information content (AvgIpc) is 3.41. The van der Waals surface area contributed by atoms with Gasteiger partial charge in [-0.3, -0.25) is 9.59 Å². The molecule has 12 heteroatoms. The van der Waals surface area contributed by atoms with Crippen LogP contribution in [0.5, 0.6) is 0 Å². The zero-order chi connectivity index (χ0) is 23.1. The van der Waals surface area contributed by atoms with Gasteiger partial charge >= 0.3 is 6.18 Å². The van der Waals surface area contributed by atoms with Crippen molar-refractivity contribution in [3.8, 4) is 5.82 Å². The topological polar surface area (TPSA) is 88.9 Å². The van der Waals surface area contributed by atoms with Crippen molar-refractivity contribution in [3.63, 3.8) is 0 Å². The number of nitrogens with one attached hydrogen (secondary N) is 2. The lowest BCUT2D eigenvalue weighted by molar-refractivity contribution is -0.137. The minimum atomic E-state index is -4.47. The van der Waals surface area contributed by atoms with Crippen LogP contribution in [0.1, 0.15) is 28.9 Å². The second-order valence-corrected chi connectivity index (χ2v) is 8.36. The number of benzene rings is 1. The maximum absolute atomic E-state index is 13.0. The molecule has 1 fully saturated rings. The molecule has 166 valence electrons. The Morgan fingerprint density at radius 2 is 1.84 bits per heavy atom. The molecule has 1 saturated carbocycles. The van der Waals surface area contributed by atoms with Crippen LogP contribution in [0.25, 0.3) is 5.82 Å². The highest BCUT2D eigenvalue weighted by atomic mass is 79.9. The Hall–Kier alpha value is -2.92. The molecule has 3 aromatic rings. The lowest BCUT2D eigenvalue weighted by Gasteiger charge is -2.18. The van der Waals surface area contributed by atoms with Crippen molar-refractivity contribution in [2.24, 2.45) is 0 Å². The van der Waals surface area contributed by atoms with Gasteiger partial charge in [0.15, 0.2) is 5.82 Å². The van der Waals surface area contributed by atoms with Crippen molar-refractivity contribution in [2.75, 3.05) is 5.32 Å². The molecule has 0 aliphatic heterocycles. The zero-order valence-electron chi connectivity index (χ0n) is 16.1. The molecule has 32 heavy (non-hydrogen) atoms. The summed E-state index contributed by atoms with van der Waals surface area (Å²) < 4.78 is 39.7. The predicted octanol–water partition coefficient (Wildman–Crippen LogP) is 4.60. The number of hydrogen-bond donors (Lipinski definition) is 2. The van der Waals surface area contributed by atoms with Gasteiger partial charge in [0, 0.05) is 18.0 Å². The van der Waals surface area contributed by atoms with E-state index in [2.05, 4.69) is 36.6 Å². The summed E-state index contributed by atoms with van der Waals surface area (Å²) in [7, 11) is 0. The van der Waals surface area contributed by atoms with Crippen LogP contribution in [-0.2, 0) is 11.0 Å². The number of carbonyl (C=O) groups excluding carboxylic acids is 2. The maximum Gasteiger partial charge on any atom is 0.416 e. The van der Waals surface area contributed by atoms with E-state index in [1.54, 1.807) is 12.1 Å². The number of hydrogen-bond acceptors (Lipinski definition) is 4. The van der Waals surface area contributed by atoms with Gasteiger partial charge in [-0.2, -0.15) is 18.3 Å². The van der Waals surface area contributed by atoms with E-state index in [1.807, 2.05) is 0 Å². The molecule has 4 rings (SSSR count). The Morgan fingerprint density at radius 1 is 1.16 bits per heavy atom. The number of halogens is 5. The van der Waals surface area contributed by atoms with E-state index < -0.39 is 29.1 Å². The van der Waals surface area contributed by atoms with Gasteiger partial charge in [0.1, 0.15) is 15.8 Å². The molecule has 1 aliphatic rings. The van der Waals surface area contributed by atoms with Gasteiger partial charge in [0.25, 0.3) is 5.91 Å². The predicted molar refractivity (Wildman–Crippen MR) is 114 cm³/mol. The van der Waals surface area contributed by atoms with Gasteiger partial charge in [0.05, 0.1) is 10.6 Å². The van der Waals surface area contributed by atoms with Crippen LogP contribution in [0, 0.1) is 0 Å². The molecular formula is C20H14BrClF3N5O2. The molecule has 0 radical (unpaired) electrons. The van der Waals surface area contributed by atoms with Gasteiger partial charge in [-0.05, 0) is 65.2 Å². The lowest BCUT2D eigenvalue weighted by atomic mass is 10.2. The number of rotatable bonds is 5. The van der Waals surface area contributed by atoms with Crippen molar-refractivity contribution in [1.29, 1.82) is 0 Å². The van der Waals surface area contributed by atoms with Crippen LogP contribution >= 0.6 is 27.5 Å². The van der Waals surface area contributed by atoms with E-state index in [-0.39, 0.29) is 22.2 Å². The zero-order valence-corrected chi connectivity index (χ0v) is 18.4. The lowest BCUT2D eigenvalue weighted by Crippen LogP contribution is -2.46. The summed E-state index contributed by atoms with van der Waals surface area (Å²) in [6.07, 6.45) is -2.21. The molecule has 2 amide bonds. The minimum Gasteiger partial charge on any atom is -0.336 e. The molecule has 0 spiro atoms. The first-order valence-corrected chi connectivity index (χ1v) is 10.4. The molecular weight excluding hydrogens is 515 g/mol. The minimum absolute atomic E-state index is 0.103. The number of carbonyl (C=O) groups is 2. The Labute approximate surface area is 193 Å². The van der Waals surface area contributed by atoms with Crippen LogP contribution in [0.2, 0.25) is 5.02 Å². The summed E-state index contributed by atoms with van der Waals surface area (Å²) in [4.78, 5) is 29.8. The maximum atomic E-state index is 13.0. The van der Waals surface area contributed by atoms with Crippen LogP contribution in [0.4, 0.5) is 18.9 Å². The first-order chi connectivity index (χ1) is 15.1. The highest BCUT2D eigenvalue weighted by Gasteiger charge is 2.51. The molecule has 2 N–H and O–H groups in total.